The molecule has 0 aromatic carbocycles. The van der Waals surface area contributed by atoms with Gasteiger partial charge in [0.1, 0.15) is 29.8 Å². The lowest BCUT2D eigenvalue weighted by atomic mass is 9.71. The first-order valence-corrected chi connectivity index (χ1v) is 15.3. The second-order valence-corrected chi connectivity index (χ2v) is 13.4. The molecule has 3 N–H and O–H groups in total. The van der Waals surface area contributed by atoms with Gasteiger partial charge in [-0.3, -0.25) is 4.79 Å². The molecule has 1 aliphatic carbocycles. The summed E-state index contributed by atoms with van der Waals surface area (Å²) in [6.07, 6.45) is 8.69. The number of aliphatic hydroxyl groups excluding tert-OH is 2. The molecule has 5 aliphatic rings. The van der Waals surface area contributed by atoms with E-state index in [4.69, 9.17) is 18.9 Å². The van der Waals surface area contributed by atoms with Gasteiger partial charge in [0.2, 0.25) is 0 Å². The molecule has 11 atom stereocenters. The molecule has 2 bridgehead atoms. The van der Waals surface area contributed by atoms with Crippen LogP contribution in [0, 0.1) is 23.7 Å². The van der Waals surface area contributed by atoms with E-state index in [2.05, 4.69) is 20.8 Å². The van der Waals surface area contributed by atoms with E-state index in [0.717, 1.165) is 12.0 Å². The number of fused-ring (bicyclic) bond motifs is 2. The smallest absolute Gasteiger partial charge is 0.316 e. The molecule has 0 aromatic heterocycles. The maximum Gasteiger partial charge on any atom is 0.316 e. The fraction of sp³-hybridized carbons (Fsp3) is 0.727. The van der Waals surface area contributed by atoms with Crippen molar-refractivity contribution < 1.29 is 39.1 Å². The lowest BCUT2D eigenvalue weighted by Gasteiger charge is -2.50. The molecule has 0 aromatic rings. The van der Waals surface area contributed by atoms with Crippen molar-refractivity contribution in [3.05, 3.63) is 47.1 Å². The topological polar surface area (TPSA) is 115 Å². The van der Waals surface area contributed by atoms with E-state index >= 15 is 0 Å². The zero-order valence-electron chi connectivity index (χ0n) is 25.3. The number of rotatable bonds is 1. The lowest BCUT2D eigenvalue weighted by Crippen LogP contribution is -2.58. The van der Waals surface area contributed by atoms with Crippen molar-refractivity contribution in [3.63, 3.8) is 0 Å². The third-order valence-electron chi connectivity index (χ3n) is 9.93. The Kier molecular flexibility index (Phi) is 8.74. The molecule has 4 heterocycles. The van der Waals surface area contributed by atoms with Gasteiger partial charge in [-0.15, -0.1) is 0 Å². The number of carbonyl (C=O) groups excluding carboxylic acids is 1. The number of ether oxygens (including phenoxy) is 4. The molecule has 3 saturated heterocycles. The van der Waals surface area contributed by atoms with Gasteiger partial charge in [-0.1, -0.05) is 58.1 Å². The summed E-state index contributed by atoms with van der Waals surface area (Å²) >= 11 is 0. The Labute approximate surface area is 244 Å². The molecule has 3 fully saturated rings. The van der Waals surface area contributed by atoms with Gasteiger partial charge < -0.3 is 34.3 Å². The van der Waals surface area contributed by atoms with Crippen LogP contribution >= 0.6 is 0 Å². The van der Waals surface area contributed by atoms with Crippen LogP contribution in [-0.2, 0) is 23.7 Å². The lowest BCUT2D eigenvalue weighted by molar-refractivity contribution is -0.340. The Morgan fingerprint density at radius 2 is 1.80 bits per heavy atom. The summed E-state index contributed by atoms with van der Waals surface area (Å²) in [7, 11) is 0. The Bertz CT molecular complexity index is 1120. The van der Waals surface area contributed by atoms with Gasteiger partial charge in [-0.05, 0) is 55.2 Å². The molecule has 5 rings (SSSR count). The Hall–Kier alpha value is -1.81. The molecule has 0 saturated carbocycles. The largest absolute Gasteiger partial charge is 0.462 e. The third kappa shape index (κ3) is 5.76. The van der Waals surface area contributed by atoms with Crippen molar-refractivity contribution in [1.82, 2.24) is 0 Å². The highest BCUT2D eigenvalue weighted by molar-refractivity contribution is 5.78. The normalized spacial score (nSPS) is 48.9. The fourth-order valence-corrected chi connectivity index (χ4v) is 7.44. The van der Waals surface area contributed by atoms with Crippen LogP contribution < -0.4 is 0 Å². The highest BCUT2D eigenvalue weighted by Gasteiger charge is 2.60. The van der Waals surface area contributed by atoms with Crippen LogP contribution in [0.25, 0.3) is 0 Å². The molecule has 8 nitrogen and oxygen atoms in total. The zero-order chi connectivity index (χ0) is 29.7. The number of aliphatic hydroxyl groups is 3. The molecule has 228 valence electrons. The van der Waals surface area contributed by atoms with Crippen LogP contribution in [0.15, 0.2) is 47.1 Å². The molecule has 8 heteroatoms. The van der Waals surface area contributed by atoms with Gasteiger partial charge in [0.15, 0.2) is 5.79 Å². The summed E-state index contributed by atoms with van der Waals surface area (Å²) in [5, 5.41) is 34.0. The second kappa shape index (κ2) is 11.7. The highest BCUT2D eigenvalue weighted by atomic mass is 16.7. The van der Waals surface area contributed by atoms with Crippen LogP contribution in [0.2, 0.25) is 0 Å². The van der Waals surface area contributed by atoms with Crippen molar-refractivity contribution in [2.75, 3.05) is 6.61 Å². The van der Waals surface area contributed by atoms with Crippen molar-refractivity contribution in [2.45, 2.75) is 122 Å². The van der Waals surface area contributed by atoms with E-state index in [1.54, 1.807) is 25.2 Å². The summed E-state index contributed by atoms with van der Waals surface area (Å²) < 4.78 is 25.5. The van der Waals surface area contributed by atoms with Crippen LogP contribution in [-0.4, -0.2) is 75.9 Å². The predicted molar refractivity (Wildman–Crippen MR) is 154 cm³/mol. The summed E-state index contributed by atoms with van der Waals surface area (Å²) in [5.74, 6) is -1.94. The van der Waals surface area contributed by atoms with Gasteiger partial charge in [0, 0.05) is 25.2 Å². The van der Waals surface area contributed by atoms with Crippen LogP contribution in [0.5, 0.6) is 0 Å². The summed E-state index contributed by atoms with van der Waals surface area (Å²) in [5.41, 5.74) is 0.152. The SMILES string of the molecule is CC1=CC2C(=O)O[C@H]3C[C@@H](C/C=C(\C)[C@H](O)[C@@H](C)/C=C/C=C4\CO[C@H]([C@@H]1O)[C@@]42O)O[C@@]1(CC[C@H](C)C(C(C)C)O1)C3. The van der Waals surface area contributed by atoms with Gasteiger partial charge in [-0.25, -0.2) is 0 Å². The van der Waals surface area contributed by atoms with Gasteiger partial charge in [-0.2, -0.15) is 0 Å². The Morgan fingerprint density at radius 1 is 1.05 bits per heavy atom. The van der Waals surface area contributed by atoms with Gasteiger partial charge in [0.25, 0.3) is 0 Å². The Balaban J connectivity index is 1.53. The fourth-order valence-electron chi connectivity index (χ4n) is 7.44. The monoisotopic (exact) mass is 572 g/mol. The number of hydrogen-bond donors (Lipinski definition) is 3. The molecular weight excluding hydrogens is 524 g/mol. The van der Waals surface area contributed by atoms with E-state index in [0.29, 0.717) is 48.7 Å². The summed E-state index contributed by atoms with van der Waals surface area (Å²) in [6, 6.07) is 0. The minimum atomic E-state index is -1.75. The Morgan fingerprint density at radius 3 is 2.54 bits per heavy atom. The van der Waals surface area contributed by atoms with Crippen LogP contribution in [0.3, 0.4) is 0 Å². The number of carbonyl (C=O) groups is 1. The van der Waals surface area contributed by atoms with E-state index < -0.39 is 47.7 Å². The molecule has 41 heavy (non-hydrogen) atoms. The quantitative estimate of drug-likeness (QED) is 0.317. The highest BCUT2D eigenvalue weighted by Crippen LogP contribution is 2.47. The van der Waals surface area contributed by atoms with Crippen LogP contribution in [0.4, 0.5) is 0 Å². The van der Waals surface area contributed by atoms with E-state index in [-0.39, 0.29) is 24.7 Å². The van der Waals surface area contributed by atoms with E-state index in [1.165, 1.54) is 0 Å². The molecule has 2 unspecified atom stereocenters. The van der Waals surface area contributed by atoms with E-state index in [9.17, 15) is 20.1 Å². The average Bonchev–Trinajstić information content (AvgIpc) is 3.26. The third-order valence-corrected chi connectivity index (χ3v) is 9.93. The molecular formula is C33H48O8. The second-order valence-electron chi connectivity index (χ2n) is 13.4. The standard InChI is InChI=1S/C33H48O8/c1-18(2)29-21(5)12-13-32(41-29)16-25-15-24(40-32)11-10-20(4)27(34)19(3)8-7-9-23-17-38-30-28(35)22(6)14-26(31(36)39-25)33(23,30)37/h7-10,14,18-19,21,24-30,34-35,37H,11-13,15-17H2,1-6H3/b8-7+,20-10+,23-9+/t19-,21-,24+,25-,26?,27+,28+,29?,30+,32+,33+/m0/s1. The molecule has 1 spiro atoms. The minimum absolute atomic E-state index is 0.0265. The van der Waals surface area contributed by atoms with Crippen LogP contribution in [0.1, 0.15) is 73.6 Å². The molecule has 4 aliphatic heterocycles. The summed E-state index contributed by atoms with van der Waals surface area (Å²) in [4.78, 5) is 13.9. The first kappa shape index (κ1) is 30.6. The number of allylic oxidation sites excluding steroid dienone is 2. The van der Waals surface area contributed by atoms with Crippen molar-refractivity contribution >= 4 is 5.97 Å². The summed E-state index contributed by atoms with van der Waals surface area (Å²) in [6.45, 7) is 12.2. The van der Waals surface area contributed by atoms with Gasteiger partial charge >= 0.3 is 5.97 Å². The van der Waals surface area contributed by atoms with Gasteiger partial charge in [0.05, 0.1) is 24.9 Å². The maximum atomic E-state index is 13.9. The van der Waals surface area contributed by atoms with E-state index in [1.807, 2.05) is 26.0 Å². The van der Waals surface area contributed by atoms with Crippen molar-refractivity contribution in [3.8, 4) is 0 Å². The molecule has 0 radical (unpaired) electrons. The number of hydrogen-bond acceptors (Lipinski definition) is 8. The number of esters is 1. The molecule has 0 amide bonds. The predicted octanol–water partition coefficient (Wildman–Crippen LogP) is 4.14. The maximum absolute atomic E-state index is 13.9. The first-order chi connectivity index (χ1) is 19.3. The average molecular weight is 573 g/mol. The van der Waals surface area contributed by atoms with Crippen molar-refractivity contribution in [1.29, 1.82) is 0 Å². The zero-order valence-corrected chi connectivity index (χ0v) is 25.3. The first-order valence-electron chi connectivity index (χ1n) is 15.3. The minimum Gasteiger partial charge on any atom is -0.462 e. The van der Waals surface area contributed by atoms with Crippen molar-refractivity contribution in [2.24, 2.45) is 23.7 Å².